The number of nitrogens with zero attached hydrogens (tertiary/aromatic N) is 2. The predicted molar refractivity (Wildman–Crippen MR) is 36.9 cm³/mol. The Morgan fingerprint density at radius 3 is 2.00 bits per heavy atom. The molecule has 1 aliphatic carbocycles. The van der Waals surface area contributed by atoms with Crippen molar-refractivity contribution in [1.82, 2.24) is 0 Å². The molecule has 0 bridgehead atoms. The molecule has 58 valence electrons. The summed E-state index contributed by atoms with van der Waals surface area (Å²) < 4.78 is 21.6. The van der Waals surface area contributed by atoms with E-state index in [4.69, 9.17) is 10.5 Å². The van der Waals surface area contributed by atoms with Crippen molar-refractivity contribution in [3.63, 3.8) is 0 Å². The fourth-order valence-corrected chi connectivity index (χ4v) is 2.41. The molecule has 0 heterocycles. The second-order valence-electron chi connectivity index (χ2n) is 2.72. The lowest BCUT2D eigenvalue weighted by molar-refractivity contribution is 0.597. The normalized spacial score (nSPS) is 26.6. The van der Waals surface area contributed by atoms with Crippen LogP contribution in [0.2, 0.25) is 0 Å². The summed E-state index contributed by atoms with van der Waals surface area (Å²) in [5, 5.41) is 16.1. The van der Waals surface area contributed by atoms with Crippen LogP contribution < -0.4 is 0 Å². The van der Waals surface area contributed by atoms with Crippen LogP contribution in [0.4, 0.5) is 0 Å². The van der Waals surface area contributed by atoms with Crippen molar-refractivity contribution < 1.29 is 8.42 Å². The van der Waals surface area contributed by atoms with Gasteiger partial charge in [-0.25, -0.2) is 8.42 Å². The molecule has 1 saturated carbocycles. The first-order chi connectivity index (χ1) is 4.96. The molecule has 0 aromatic heterocycles. The molecule has 0 saturated heterocycles. The Labute approximate surface area is 65.0 Å². The van der Waals surface area contributed by atoms with Crippen LogP contribution in [-0.2, 0) is 9.84 Å². The van der Waals surface area contributed by atoms with Crippen molar-refractivity contribution in [2.24, 2.45) is 5.41 Å². The summed E-state index contributed by atoms with van der Waals surface area (Å²) in [5.74, 6) is 0. The smallest absolute Gasteiger partial charge is 0.161 e. The molecule has 5 heteroatoms. The Balaban J connectivity index is 2.95. The summed E-state index contributed by atoms with van der Waals surface area (Å²) in [6.07, 6.45) is 1.22. The first kappa shape index (κ1) is 8.03. The van der Waals surface area contributed by atoms with Crippen molar-refractivity contribution in [3.05, 3.63) is 0 Å². The van der Waals surface area contributed by atoms with E-state index in [0.29, 0.717) is 0 Å². The van der Waals surface area contributed by atoms with Gasteiger partial charge in [0.15, 0.2) is 15.3 Å². The lowest BCUT2D eigenvalue weighted by Crippen LogP contribution is -2.11. The average Bonchev–Trinajstić information content (AvgIpc) is 2.61. The predicted octanol–water partition coefficient (Wildman–Crippen LogP) is -0.163. The summed E-state index contributed by atoms with van der Waals surface area (Å²) >= 11 is 0. The SMILES string of the molecule is CS(=O)(=O)[C@@H]1CC1(C#N)C#N. The third-order valence-corrected chi connectivity index (χ3v) is 3.42. The van der Waals surface area contributed by atoms with Gasteiger partial charge < -0.3 is 0 Å². The molecule has 0 N–H and O–H groups in total. The van der Waals surface area contributed by atoms with Crippen LogP contribution in [0.5, 0.6) is 0 Å². The minimum atomic E-state index is -3.21. The van der Waals surface area contributed by atoms with Gasteiger partial charge in [0.1, 0.15) is 0 Å². The van der Waals surface area contributed by atoms with Crippen molar-refractivity contribution in [2.75, 3.05) is 6.26 Å². The topological polar surface area (TPSA) is 81.7 Å². The molecule has 1 atom stereocenters. The molecule has 1 aliphatic rings. The van der Waals surface area contributed by atoms with Crippen LogP contribution in [0.15, 0.2) is 0 Å². The molecule has 0 aromatic rings. The molecule has 1 rings (SSSR count). The van der Waals surface area contributed by atoms with E-state index in [-0.39, 0.29) is 6.42 Å². The molecule has 4 nitrogen and oxygen atoms in total. The van der Waals surface area contributed by atoms with E-state index in [0.717, 1.165) is 6.26 Å². The van der Waals surface area contributed by atoms with Gasteiger partial charge >= 0.3 is 0 Å². The maximum Gasteiger partial charge on any atom is 0.161 e. The van der Waals surface area contributed by atoms with Crippen molar-refractivity contribution in [3.8, 4) is 12.1 Å². The summed E-state index contributed by atoms with van der Waals surface area (Å²) in [5.41, 5.74) is -1.24. The van der Waals surface area contributed by atoms with Gasteiger partial charge in [0.25, 0.3) is 0 Å². The van der Waals surface area contributed by atoms with Crippen LogP contribution in [0.25, 0.3) is 0 Å². The molecule has 1 fully saturated rings. The average molecular weight is 170 g/mol. The Hall–Kier alpha value is -1.07. The molecular formula is C6H6N2O2S. The van der Waals surface area contributed by atoms with Gasteiger partial charge in [-0.15, -0.1) is 0 Å². The molecule has 0 radical (unpaired) electrons. The van der Waals surface area contributed by atoms with Crippen molar-refractivity contribution >= 4 is 9.84 Å². The molecule has 0 aromatic carbocycles. The first-order valence-electron chi connectivity index (χ1n) is 2.97. The van der Waals surface area contributed by atoms with E-state index in [2.05, 4.69) is 0 Å². The number of nitriles is 2. The Morgan fingerprint density at radius 1 is 1.45 bits per heavy atom. The van der Waals surface area contributed by atoms with Crippen molar-refractivity contribution in [2.45, 2.75) is 11.7 Å². The molecule has 11 heavy (non-hydrogen) atoms. The summed E-state index contributed by atoms with van der Waals surface area (Å²) in [4.78, 5) is 0. The number of hydrogen-bond donors (Lipinski definition) is 0. The minimum absolute atomic E-state index is 0.166. The maximum absolute atomic E-state index is 10.8. The fraction of sp³-hybridized carbons (Fsp3) is 0.667. The highest BCUT2D eigenvalue weighted by atomic mass is 32.2. The minimum Gasteiger partial charge on any atom is -0.229 e. The second kappa shape index (κ2) is 1.96. The van der Waals surface area contributed by atoms with E-state index < -0.39 is 20.5 Å². The van der Waals surface area contributed by atoms with Crippen molar-refractivity contribution in [1.29, 1.82) is 10.5 Å². The summed E-state index contributed by atoms with van der Waals surface area (Å²) in [6.45, 7) is 0. The summed E-state index contributed by atoms with van der Waals surface area (Å²) in [6, 6.07) is 3.44. The van der Waals surface area contributed by atoms with Gasteiger partial charge in [-0.05, 0) is 6.42 Å². The van der Waals surface area contributed by atoms with Gasteiger partial charge in [-0.2, -0.15) is 10.5 Å². The van der Waals surface area contributed by atoms with E-state index in [1.165, 1.54) is 0 Å². The second-order valence-corrected chi connectivity index (χ2v) is 4.95. The Kier molecular flexibility index (Phi) is 1.43. The monoisotopic (exact) mass is 170 g/mol. The first-order valence-corrected chi connectivity index (χ1v) is 4.93. The fourth-order valence-electron chi connectivity index (χ4n) is 1.01. The highest BCUT2D eigenvalue weighted by molar-refractivity contribution is 7.91. The molecule has 0 amide bonds. The Morgan fingerprint density at radius 2 is 1.91 bits per heavy atom. The van der Waals surface area contributed by atoms with E-state index >= 15 is 0 Å². The zero-order chi connectivity index (χ0) is 8.70. The van der Waals surface area contributed by atoms with Gasteiger partial charge in [0, 0.05) is 6.26 Å². The van der Waals surface area contributed by atoms with Crippen LogP contribution >= 0.6 is 0 Å². The zero-order valence-corrected chi connectivity index (χ0v) is 6.72. The van der Waals surface area contributed by atoms with E-state index in [9.17, 15) is 8.42 Å². The van der Waals surface area contributed by atoms with Gasteiger partial charge in [0.2, 0.25) is 0 Å². The van der Waals surface area contributed by atoms with Crippen LogP contribution in [0.3, 0.4) is 0 Å². The van der Waals surface area contributed by atoms with Crippen LogP contribution in [0.1, 0.15) is 6.42 Å². The molecular weight excluding hydrogens is 164 g/mol. The van der Waals surface area contributed by atoms with Crippen LogP contribution in [0, 0.1) is 28.1 Å². The van der Waals surface area contributed by atoms with Gasteiger partial charge in [-0.1, -0.05) is 0 Å². The number of rotatable bonds is 1. The third kappa shape index (κ3) is 1.08. The summed E-state index contributed by atoms with van der Waals surface area (Å²) in [7, 11) is -3.21. The quantitative estimate of drug-likeness (QED) is 0.547. The number of sulfone groups is 1. The number of hydrogen-bond acceptors (Lipinski definition) is 4. The Bertz CT molecular complexity index is 343. The zero-order valence-electron chi connectivity index (χ0n) is 5.90. The lowest BCUT2D eigenvalue weighted by Gasteiger charge is -1.93. The standard InChI is InChI=1S/C6H6N2O2S/c1-11(9,10)5-2-6(5,3-7)4-8/h5H,2H2,1H3/t5-/m1/s1. The molecule has 0 spiro atoms. The van der Waals surface area contributed by atoms with Gasteiger partial charge in [0.05, 0.1) is 17.4 Å². The highest BCUT2D eigenvalue weighted by Gasteiger charge is 2.61. The third-order valence-electron chi connectivity index (χ3n) is 1.81. The maximum atomic E-state index is 10.8. The highest BCUT2D eigenvalue weighted by Crippen LogP contribution is 2.49. The van der Waals surface area contributed by atoms with Gasteiger partial charge in [-0.3, -0.25) is 0 Å². The van der Waals surface area contributed by atoms with E-state index in [1.54, 1.807) is 12.1 Å². The van der Waals surface area contributed by atoms with E-state index in [1.807, 2.05) is 0 Å². The van der Waals surface area contributed by atoms with Crippen LogP contribution in [-0.4, -0.2) is 19.9 Å². The lowest BCUT2D eigenvalue weighted by atomic mass is 10.2. The molecule has 0 unspecified atom stereocenters. The molecule has 0 aliphatic heterocycles. The largest absolute Gasteiger partial charge is 0.229 e.